The van der Waals surface area contributed by atoms with Gasteiger partial charge in [-0.25, -0.2) is 8.78 Å². The van der Waals surface area contributed by atoms with Crippen molar-refractivity contribution < 1.29 is 13.9 Å². The summed E-state index contributed by atoms with van der Waals surface area (Å²) in [6.07, 6.45) is 0.374. The van der Waals surface area contributed by atoms with E-state index in [1.54, 1.807) is 31.2 Å². The van der Waals surface area contributed by atoms with Crippen molar-refractivity contribution in [2.75, 3.05) is 0 Å². The van der Waals surface area contributed by atoms with Crippen molar-refractivity contribution in [2.24, 2.45) is 0 Å². The summed E-state index contributed by atoms with van der Waals surface area (Å²) >= 11 is 5.69. The fraction of sp³-hybridized carbons (Fsp3) is 0.250. The third-order valence-corrected chi connectivity index (χ3v) is 3.30. The van der Waals surface area contributed by atoms with Crippen LogP contribution in [0.1, 0.15) is 18.1 Å². The van der Waals surface area contributed by atoms with Crippen LogP contribution in [0.4, 0.5) is 8.78 Å². The summed E-state index contributed by atoms with van der Waals surface area (Å²) in [4.78, 5) is 0. The monoisotopic (exact) mass is 296 g/mol. The lowest BCUT2D eigenvalue weighted by molar-refractivity contribution is 0.0599. The largest absolute Gasteiger partial charge is 0.389 e. The molecular formula is C16H15ClF2O. The molecule has 0 heterocycles. The Bertz CT molecular complexity index is 611. The van der Waals surface area contributed by atoms with E-state index in [1.165, 1.54) is 18.2 Å². The summed E-state index contributed by atoms with van der Waals surface area (Å²) in [6, 6.07) is 10.4. The second-order valence-electron chi connectivity index (χ2n) is 5.22. The molecule has 106 valence electrons. The molecule has 0 aliphatic carbocycles. The molecule has 2 rings (SSSR count). The van der Waals surface area contributed by atoms with Crippen molar-refractivity contribution in [1.82, 2.24) is 0 Å². The topological polar surface area (TPSA) is 20.2 Å². The summed E-state index contributed by atoms with van der Waals surface area (Å²) in [7, 11) is 0. The highest BCUT2D eigenvalue weighted by atomic mass is 35.5. The Hall–Kier alpha value is -1.45. The summed E-state index contributed by atoms with van der Waals surface area (Å²) in [5, 5.41) is 10.7. The fourth-order valence-electron chi connectivity index (χ4n) is 2.22. The van der Waals surface area contributed by atoms with E-state index in [1.807, 2.05) is 0 Å². The number of rotatable bonds is 4. The van der Waals surface area contributed by atoms with E-state index in [0.717, 1.165) is 0 Å². The van der Waals surface area contributed by atoms with Gasteiger partial charge in [0, 0.05) is 17.9 Å². The Kier molecular flexibility index (Phi) is 4.41. The zero-order valence-corrected chi connectivity index (χ0v) is 11.8. The van der Waals surface area contributed by atoms with Gasteiger partial charge in [0.15, 0.2) is 0 Å². The van der Waals surface area contributed by atoms with Crippen LogP contribution in [-0.4, -0.2) is 10.7 Å². The Morgan fingerprint density at radius 3 is 2.50 bits per heavy atom. The lowest BCUT2D eigenvalue weighted by Gasteiger charge is -2.24. The molecule has 0 fully saturated rings. The predicted octanol–water partition coefficient (Wildman–Crippen LogP) is 4.15. The van der Waals surface area contributed by atoms with Gasteiger partial charge in [0.1, 0.15) is 11.6 Å². The van der Waals surface area contributed by atoms with Gasteiger partial charge in [0.05, 0.1) is 5.60 Å². The molecule has 1 nitrogen and oxygen atoms in total. The molecule has 1 unspecified atom stereocenters. The second-order valence-corrected chi connectivity index (χ2v) is 5.65. The fourth-order valence-corrected chi connectivity index (χ4v) is 2.38. The minimum absolute atomic E-state index is 0.131. The maximum Gasteiger partial charge on any atom is 0.127 e. The van der Waals surface area contributed by atoms with Crippen molar-refractivity contribution >= 4 is 11.6 Å². The lowest BCUT2D eigenvalue weighted by Crippen LogP contribution is -2.30. The second kappa shape index (κ2) is 5.90. The maximum atomic E-state index is 13.7. The number of halogens is 3. The van der Waals surface area contributed by atoms with E-state index >= 15 is 0 Å². The van der Waals surface area contributed by atoms with E-state index < -0.39 is 11.4 Å². The molecule has 2 aromatic rings. The molecule has 0 radical (unpaired) electrons. The Morgan fingerprint density at radius 2 is 1.85 bits per heavy atom. The van der Waals surface area contributed by atoms with Gasteiger partial charge >= 0.3 is 0 Å². The Labute approximate surface area is 121 Å². The van der Waals surface area contributed by atoms with Crippen molar-refractivity contribution in [3.05, 3.63) is 70.2 Å². The molecule has 0 aliphatic rings. The molecular weight excluding hydrogens is 282 g/mol. The average molecular weight is 297 g/mol. The number of hydrogen-bond donors (Lipinski definition) is 1. The first-order valence-corrected chi connectivity index (χ1v) is 6.64. The summed E-state index contributed by atoms with van der Waals surface area (Å²) in [6.45, 7) is 1.60. The van der Waals surface area contributed by atoms with Crippen LogP contribution in [0.15, 0.2) is 42.5 Å². The van der Waals surface area contributed by atoms with Gasteiger partial charge in [-0.1, -0.05) is 29.8 Å². The highest BCUT2D eigenvalue weighted by Crippen LogP contribution is 2.22. The molecule has 0 aliphatic heterocycles. The van der Waals surface area contributed by atoms with Gasteiger partial charge in [0.25, 0.3) is 0 Å². The highest BCUT2D eigenvalue weighted by Gasteiger charge is 2.23. The van der Waals surface area contributed by atoms with Crippen LogP contribution in [0.25, 0.3) is 0 Å². The van der Waals surface area contributed by atoms with Crippen molar-refractivity contribution in [1.29, 1.82) is 0 Å². The molecule has 20 heavy (non-hydrogen) atoms. The summed E-state index contributed by atoms with van der Waals surface area (Å²) < 4.78 is 26.8. The van der Waals surface area contributed by atoms with Crippen molar-refractivity contribution in [2.45, 2.75) is 25.4 Å². The number of benzene rings is 2. The third-order valence-electron chi connectivity index (χ3n) is 3.06. The average Bonchev–Trinajstić information content (AvgIpc) is 2.32. The highest BCUT2D eigenvalue weighted by molar-refractivity contribution is 6.30. The van der Waals surface area contributed by atoms with Crippen LogP contribution in [0.2, 0.25) is 5.02 Å². The first-order valence-electron chi connectivity index (χ1n) is 6.26. The molecule has 1 atom stereocenters. The molecule has 0 aromatic heterocycles. The standard InChI is InChI=1S/C16H15ClF2O/c1-16(20,9-11-3-2-4-14(18)7-11)10-12-5-6-13(17)8-15(12)19/h2-8,20H,9-10H2,1H3. The van der Waals surface area contributed by atoms with Crippen LogP contribution < -0.4 is 0 Å². The molecule has 0 bridgehead atoms. The van der Waals surface area contributed by atoms with Crippen LogP contribution in [-0.2, 0) is 12.8 Å². The molecule has 0 saturated carbocycles. The van der Waals surface area contributed by atoms with Gasteiger partial charge < -0.3 is 5.11 Å². The van der Waals surface area contributed by atoms with E-state index in [4.69, 9.17) is 11.6 Å². The smallest absolute Gasteiger partial charge is 0.127 e. The van der Waals surface area contributed by atoms with Gasteiger partial charge in [0.2, 0.25) is 0 Å². The van der Waals surface area contributed by atoms with E-state index in [9.17, 15) is 13.9 Å². The number of hydrogen-bond acceptors (Lipinski definition) is 1. The predicted molar refractivity (Wildman–Crippen MR) is 75.8 cm³/mol. The molecule has 0 amide bonds. The molecule has 0 saturated heterocycles. The zero-order chi connectivity index (χ0) is 14.8. The van der Waals surface area contributed by atoms with Crippen LogP contribution in [0.5, 0.6) is 0 Å². The van der Waals surface area contributed by atoms with E-state index in [2.05, 4.69) is 0 Å². The molecule has 2 aromatic carbocycles. The summed E-state index contributed by atoms with van der Waals surface area (Å²) in [5.41, 5.74) is -0.109. The van der Waals surface area contributed by atoms with Crippen LogP contribution >= 0.6 is 11.6 Å². The first kappa shape index (κ1) is 14.9. The van der Waals surface area contributed by atoms with Gasteiger partial charge in [-0.15, -0.1) is 0 Å². The Balaban J connectivity index is 2.14. The minimum atomic E-state index is -1.16. The SMILES string of the molecule is CC(O)(Cc1cccc(F)c1)Cc1ccc(Cl)cc1F. The van der Waals surface area contributed by atoms with E-state index in [-0.39, 0.29) is 18.7 Å². The van der Waals surface area contributed by atoms with Gasteiger partial charge in [-0.2, -0.15) is 0 Å². The van der Waals surface area contributed by atoms with Gasteiger partial charge in [-0.3, -0.25) is 0 Å². The summed E-state index contributed by atoms with van der Waals surface area (Å²) in [5.74, 6) is -0.798. The molecule has 4 heteroatoms. The normalized spacial score (nSPS) is 14.1. The van der Waals surface area contributed by atoms with E-state index in [0.29, 0.717) is 16.1 Å². The van der Waals surface area contributed by atoms with Gasteiger partial charge in [-0.05, 0) is 42.3 Å². The lowest BCUT2D eigenvalue weighted by atomic mass is 9.89. The molecule has 0 spiro atoms. The van der Waals surface area contributed by atoms with Crippen LogP contribution in [0.3, 0.4) is 0 Å². The van der Waals surface area contributed by atoms with Crippen LogP contribution in [0, 0.1) is 11.6 Å². The van der Waals surface area contributed by atoms with Crippen molar-refractivity contribution in [3.8, 4) is 0 Å². The first-order chi connectivity index (χ1) is 9.35. The third kappa shape index (κ3) is 4.02. The minimum Gasteiger partial charge on any atom is -0.389 e. The molecule has 1 N–H and O–H groups in total. The quantitative estimate of drug-likeness (QED) is 0.898. The Morgan fingerprint density at radius 1 is 1.10 bits per heavy atom. The van der Waals surface area contributed by atoms with Crippen molar-refractivity contribution in [3.63, 3.8) is 0 Å². The number of aliphatic hydroxyl groups is 1. The maximum absolute atomic E-state index is 13.7. The zero-order valence-electron chi connectivity index (χ0n) is 11.0.